The van der Waals surface area contributed by atoms with Gasteiger partial charge in [-0.05, 0) is 30.0 Å². The minimum Gasteiger partial charge on any atom is -0.350 e. The number of aromatic nitrogens is 3. The standard InChI is InChI=1S/C18H16N4O2S2/c23-15(19-11-17-20-12-5-1-2-6-13(12)26-17)8-3-9-16-21-18(22-24-16)14-7-4-10-25-14/h1-2,4-7,10H,3,8-9,11H2,(H,19,23). The van der Waals surface area contributed by atoms with E-state index in [1.54, 1.807) is 22.7 Å². The van der Waals surface area contributed by atoms with E-state index in [4.69, 9.17) is 4.52 Å². The van der Waals surface area contributed by atoms with Crippen LogP contribution in [0, 0.1) is 0 Å². The molecule has 1 aromatic carbocycles. The first-order valence-corrected chi connectivity index (χ1v) is 9.95. The second kappa shape index (κ2) is 7.76. The Morgan fingerprint density at radius 2 is 2.08 bits per heavy atom. The third kappa shape index (κ3) is 3.97. The largest absolute Gasteiger partial charge is 0.350 e. The van der Waals surface area contributed by atoms with Crippen LogP contribution in [0.5, 0.6) is 0 Å². The molecule has 0 saturated carbocycles. The summed E-state index contributed by atoms with van der Waals surface area (Å²) in [6.45, 7) is 0.460. The van der Waals surface area contributed by atoms with Crippen molar-refractivity contribution in [1.29, 1.82) is 0 Å². The quantitative estimate of drug-likeness (QED) is 0.520. The molecule has 3 aromatic heterocycles. The van der Waals surface area contributed by atoms with E-state index in [9.17, 15) is 4.79 Å². The molecule has 0 aliphatic rings. The Hall–Kier alpha value is -2.58. The van der Waals surface area contributed by atoms with Gasteiger partial charge in [-0.3, -0.25) is 4.79 Å². The number of rotatable bonds is 7. The zero-order chi connectivity index (χ0) is 17.8. The molecule has 1 N–H and O–H groups in total. The van der Waals surface area contributed by atoms with Gasteiger partial charge in [-0.1, -0.05) is 23.4 Å². The number of para-hydroxylation sites is 1. The molecule has 6 nitrogen and oxygen atoms in total. The van der Waals surface area contributed by atoms with Crippen molar-refractivity contribution < 1.29 is 9.32 Å². The van der Waals surface area contributed by atoms with Crippen LogP contribution in [0.4, 0.5) is 0 Å². The number of hydrogen-bond acceptors (Lipinski definition) is 7. The highest BCUT2D eigenvalue weighted by Gasteiger charge is 2.10. The number of carbonyl (C=O) groups excluding carboxylic acids is 1. The van der Waals surface area contributed by atoms with E-state index >= 15 is 0 Å². The van der Waals surface area contributed by atoms with Crippen molar-refractivity contribution in [1.82, 2.24) is 20.4 Å². The summed E-state index contributed by atoms with van der Waals surface area (Å²) in [5, 5.41) is 9.78. The number of nitrogens with one attached hydrogen (secondary N) is 1. The molecule has 1 amide bonds. The van der Waals surface area contributed by atoms with Gasteiger partial charge in [-0.15, -0.1) is 22.7 Å². The number of aryl methyl sites for hydroxylation is 1. The van der Waals surface area contributed by atoms with Gasteiger partial charge in [0.25, 0.3) is 0 Å². The van der Waals surface area contributed by atoms with E-state index in [0.29, 0.717) is 37.5 Å². The number of thiophene rings is 1. The molecule has 26 heavy (non-hydrogen) atoms. The van der Waals surface area contributed by atoms with Crippen molar-refractivity contribution in [2.24, 2.45) is 0 Å². The zero-order valence-electron chi connectivity index (χ0n) is 13.8. The number of thiazole rings is 1. The highest BCUT2D eigenvalue weighted by molar-refractivity contribution is 7.18. The first-order chi connectivity index (χ1) is 12.8. The van der Waals surface area contributed by atoms with Crippen molar-refractivity contribution in [3.05, 3.63) is 52.7 Å². The van der Waals surface area contributed by atoms with Gasteiger partial charge in [0, 0.05) is 12.8 Å². The fourth-order valence-electron chi connectivity index (χ4n) is 2.52. The lowest BCUT2D eigenvalue weighted by Crippen LogP contribution is -2.22. The van der Waals surface area contributed by atoms with Gasteiger partial charge in [0.15, 0.2) is 0 Å². The van der Waals surface area contributed by atoms with Crippen molar-refractivity contribution in [2.75, 3.05) is 0 Å². The molecule has 0 saturated heterocycles. The topological polar surface area (TPSA) is 80.9 Å². The second-order valence-electron chi connectivity index (χ2n) is 5.69. The number of nitrogens with zero attached hydrogens (tertiary/aromatic N) is 3. The lowest BCUT2D eigenvalue weighted by Gasteiger charge is -2.01. The van der Waals surface area contributed by atoms with Gasteiger partial charge in [0.05, 0.1) is 21.6 Å². The number of fused-ring (bicyclic) bond motifs is 1. The van der Waals surface area contributed by atoms with Crippen molar-refractivity contribution >= 4 is 38.8 Å². The fourth-order valence-corrected chi connectivity index (χ4v) is 4.08. The molecule has 0 aliphatic carbocycles. The van der Waals surface area contributed by atoms with E-state index < -0.39 is 0 Å². The number of benzene rings is 1. The van der Waals surface area contributed by atoms with Crippen molar-refractivity contribution in [2.45, 2.75) is 25.8 Å². The average Bonchev–Trinajstić information content (AvgIpc) is 3.38. The first-order valence-electron chi connectivity index (χ1n) is 8.25. The van der Waals surface area contributed by atoms with Crippen LogP contribution >= 0.6 is 22.7 Å². The maximum Gasteiger partial charge on any atom is 0.226 e. The van der Waals surface area contributed by atoms with Crippen LogP contribution < -0.4 is 5.32 Å². The van der Waals surface area contributed by atoms with Crippen LogP contribution in [0.2, 0.25) is 0 Å². The van der Waals surface area contributed by atoms with Gasteiger partial charge in [-0.25, -0.2) is 4.98 Å². The Kier molecular flexibility index (Phi) is 5.03. The van der Waals surface area contributed by atoms with Gasteiger partial charge in [0.1, 0.15) is 5.01 Å². The van der Waals surface area contributed by atoms with Gasteiger partial charge in [-0.2, -0.15) is 4.98 Å². The predicted molar refractivity (Wildman–Crippen MR) is 102 cm³/mol. The van der Waals surface area contributed by atoms with Crippen LogP contribution in [-0.2, 0) is 17.8 Å². The van der Waals surface area contributed by atoms with Crippen LogP contribution in [0.25, 0.3) is 20.9 Å². The highest BCUT2D eigenvalue weighted by Crippen LogP contribution is 2.22. The maximum atomic E-state index is 12.0. The molecule has 0 fully saturated rings. The Balaban J connectivity index is 1.23. The van der Waals surface area contributed by atoms with Crippen LogP contribution in [-0.4, -0.2) is 21.0 Å². The molecular formula is C18H16N4O2S2. The molecule has 8 heteroatoms. The normalized spacial score (nSPS) is 11.1. The Morgan fingerprint density at radius 1 is 1.15 bits per heavy atom. The number of amides is 1. The number of hydrogen-bond donors (Lipinski definition) is 1. The monoisotopic (exact) mass is 384 g/mol. The minimum absolute atomic E-state index is 0.00208. The SMILES string of the molecule is O=C(CCCc1nc(-c2cccs2)no1)NCc1nc2ccccc2s1. The Bertz CT molecular complexity index is 974. The third-order valence-corrected chi connectivity index (χ3v) is 5.68. The summed E-state index contributed by atoms with van der Waals surface area (Å²) < 4.78 is 6.37. The molecule has 4 rings (SSSR count). The molecule has 3 heterocycles. The van der Waals surface area contributed by atoms with Crippen molar-refractivity contribution in [3.63, 3.8) is 0 Å². The highest BCUT2D eigenvalue weighted by atomic mass is 32.1. The predicted octanol–water partition coefficient (Wildman–Crippen LogP) is 4.05. The molecule has 0 aliphatic heterocycles. The van der Waals surface area contributed by atoms with Gasteiger partial charge in [0.2, 0.25) is 17.6 Å². The van der Waals surface area contributed by atoms with E-state index in [1.165, 1.54) is 0 Å². The van der Waals surface area contributed by atoms with E-state index in [-0.39, 0.29) is 5.91 Å². The van der Waals surface area contributed by atoms with Gasteiger partial charge >= 0.3 is 0 Å². The van der Waals surface area contributed by atoms with Crippen LogP contribution in [0.3, 0.4) is 0 Å². The lowest BCUT2D eigenvalue weighted by atomic mass is 10.2. The summed E-state index contributed by atoms with van der Waals surface area (Å²) in [6.07, 6.45) is 1.67. The van der Waals surface area contributed by atoms with Gasteiger partial charge < -0.3 is 9.84 Å². The van der Waals surface area contributed by atoms with Crippen LogP contribution in [0.15, 0.2) is 46.3 Å². The number of carbonyl (C=O) groups is 1. The molecule has 132 valence electrons. The molecular weight excluding hydrogens is 368 g/mol. The molecule has 0 unspecified atom stereocenters. The molecule has 0 spiro atoms. The maximum absolute atomic E-state index is 12.0. The third-order valence-electron chi connectivity index (χ3n) is 3.78. The average molecular weight is 384 g/mol. The fraction of sp³-hybridized carbons (Fsp3) is 0.222. The summed E-state index contributed by atoms with van der Waals surface area (Å²) in [4.78, 5) is 21.9. The zero-order valence-corrected chi connectivity index (χ0v) is 15.5. The van der Waals surface area contributed by atoms with E-state index in [2.05, 4.69) is 20.4 Å². The first kappa shape index (κ1) is 16.9. The summed E-state index contributed by atoms with van der Waals surface area (Å²) in [6, 6.07) is 11.9. The van der Waals surface area contributed by atoms with Crippen LogP contribution in [0.1, 0.15) is 23.7 Å². The Labute approximate surface area is 157 Å². The van der Waals surface area contributed by atoms with E-state index in [0.717, 1.165) is 20.1 Å². The minimum atomic E-state index is 0.00208. The molecule has 4 aromatic rings. The van der Waals surface area contributed by atoms with E-state index in [1.807, 2.05) is 41.8 Å². The molecule has 0 radical (unpaired) electrons. The lowest BCUT2D eigenvalue weighted by molar-refractivity contribution is -0.121. The second-order valence-corrected chi connectivity index (χ2v) is 7.76. The summed E-state index contributed by atoms with van der Waals surface area (Å²) >= 11 is 3.17. The molecule has 0 bridgehead atoms. The van der Waals surface area contributed by atoms with Crippen molar-refractivity contribution in [3.8, 4) is 10.7 Å². The Morgan fingerprint density at radius 3 is 2.92 bits per heavy atom. The summed E-state index contributed by atoms with van der Waals surface area (Å²) in [5.41, 5.74) is 0.972. The summed E-state index contributed by atoms with van der Waals surface area (Å²) in [7, 11) is 0. The molecule has 0 atom stereocenters. The smallest absolute Gasteiger partial charge is 0.226 e. The summed E-state index contributed by atoms with van der Waals surface area (Å²) in [5.74, 6) is 1.17.